The molecule has 1 aromatic rings. The third-order valence-electron chi connectivity index (χ3n) is 1.18. The summed E-state index contributed by atoms with van der Waals surface area (Å²) in [5.41, 5.74) is 0. The van der Waals surface area contributed by atoms with Crippen molar-refractivity contribution in [1.29, 1.82) is 0 Å². The quantitative estimate of drug-likeness (QED) is 0.703. The second-order valence-electron chi connectivity index (χ2n) is 2.42. The van der Waals surface area contributed by atoms with Gasteiger partial charge in [0, 0.05) is 0 Å². The highest BCUT2D eigenvalue weighted by atomic mass is 32.2. The first-order valence-corrected chi connectivity index (χ1v) is 4.91. The lowest BCUT2D eigenvalue weighted by molar-refractivity contribution is -0.116. The van der Waals surface area contributed by atoms with Gasteiger partial charge in [-0.05, 0) is 13.2 Å². The van der Waals surface area contributed by atoms with Crippen LogP contribution in [0.15, 0.2) is 4.52 Å². The Kier molecular flexibility index (Phi) is 3.28. The lowest BCUT2D eigenvalue weighted by atomic mass is 10.3. The van der Waals surface area contributed by atoms with Crippen molar-refractivity contribution in [3.05, 3.63) is 11.7 Å². The van der Waals surface area contributed by atoms with E-state index in [2.05, 4.69) is 10.1 Å². The Hall–Kier alpha value is -0.840. The number of nitrogens with zero attached hydrogens (tertiary/aromatic N) is 2. The van der Waals surface area contributed by atoms with E-state index in [1.165, 1.54) is 6.92 Å². The fraction of sp³-hybridized carbons (Fsp3) is 0.571. The van der Waals surface area contributed by atoms with Crippen LogP contribution in [0.3, 0.4) is 0 Å². The van der Waals surface area contributed by atoms with Gasteiger partial charge in [-0.1, -0.05) is 5.16 Å². The molecule has 0 fully saturated rings. The van der Waals surface area contributed by atoms with Crippen LogP contribution in [0.4, 0.5) is 0 Å². The number of carbonyl (C=O) groups is 1. The number of hydrogen-bond donors (Lipinski definition) is 0. The van der Waals surface area contributed by atoms with Crippen LogP contribution in [0.25, 0.3) is 0 Å². The molecule has 0 spiro atoms. The summed E-state index contributed by atoms with van der Waals surface area (Å²) in [6.07, 6.45) is 2.20. The summed E-state index contributed by atoms with van der Waals surface area (Å²) < 4.78 is 4.83. The minimum atomic E-state index is 0.0364. The monoisotopic (exact) mass is 186 g/mol. The number of aromatic nitrogens is 2. The van der Waals surface area contributed by atoms with Crippen LogP contribution in [-0.4, -0.2) is 22.2 Å². The lowest BCUT2D eigenvalue weighted by Gasteiger charge is -1.84. The molecule has 0 N–H and O–H groups in total. The lowest BCUT2D eigenvalue weighted by Crippen LogP contribution is -1.96. The van der Waals surface area contributed by atoms with Crippen molar-refractivity contribution in [3.63, 3.8) is 0 Å². The van der Waals surface area contributed by atoms with Crippen molar-refractivity contribution in [2.75, 3.05) is 6.26 Å². The molecule has 1 aromatic heterocycles. The van der Waals surface area contributed by atoms with Gasteiger partial charge in [-0.15, -0.1) is 0 Å². The van der Waals surface area contributed by atoms with Gasteiger partial charge < -0.3 is 4.52 Å². The van der Waals surface area contributed by atoms with Crippen LogP contribution in [0.2, 0.25) is 0 Å². The molecule has 0 aliphatic carbocycles. The summed E-state index contributed by atoms with van der Waals surface area (Å²) in [6, 6.07) is 0. The van der Waals surface area contributed by atoms with Crippen LogP contribution in [0, 0.1) is 0 Å². The maximum Gasteiger partial charge on any atom is 0.234 e. The van der Waals surface area contributed by atoms with E-state index in [9.17, 15) is 4.79 Å². The topological polar surface area (TPSA) is 56.0 Å². The van der Waals surface area contributed by atoms with Crippen molar-refractivity contribution in [3.8, 4) is 0 Å². The molecule has 0 saturated carbocycles. The van der Waals surface area contributed by atoms with Crippen molar-refractivity contribution < 1.29 is 9.32 Å². The summed E-state index contributed by atoms with van der Waals surface area (Å²) in [4.78, 5) is 14.7. The average molecular weight is 186 g/mol. The fourth-order valence-electron chi connectivity index (χ4n) is 0.763. The summed E-state index contributed by atoms with van der Waals surface area (Å²) in [6.45, 7) is 1.50. The van der Waals surface area contributed by atoms with E-state index in [-0.39, 0.29) is 12.2 Å². The first-order valence-electron chi connectivity index (χ1n) is 3.52. The average Bonchev–Trinajstić information content (AvgIpc) is 2.36. The Morgan fingerprint density at radius 3 is 3.00 bits per heavy atom. The molecule has 12 heavy (non-hydrogen) atoms. The maximum atomic E-state index is 10.6. The molecule has 0 aliphatic rings. The van der Waals surface area contributed by atoms with Gasteiger partial charge in [-0.3, -0.25) is 4.79 Å². The number of Topliss-reactive ketones (excluding diaryl/α,β-unsaturated/α-hetero) is 1. The van der Waals surface area contributed by atoms with Crippen LogP contribution >= 0.6 is 11.8 Å². The van der Waals surface area contributed by atoms with E-state index >= 15 is 0 Å². The van der Waals surface area contributed by atoms with E-state index in [1.54, 1.807) is 11.8 Å². The Labute approximate surface area is 74.7 Å². The number of thioether (sulfide) groups is 1. The van der Waals surface area contributed by atoms with Crippen molar-refractivity contribution >= 4 is 17.5 Å². The summed E-state index contributed by atoms with van der Waals surface area (Å²) in [7, 11) is 0. The van der Waals surface area contributed by atoms with E-state index in [1.807, 2.05) is 6.26 Å². The zero-order chi connectivity index (χ0) is 8.97. The maximum absolute atomic E-state index is 10.6. The molecule has 0 bridgehead atoms. The smallest absolute Gasteiger partial charge is 0.234 e. The molecule has 66 valence electrons. The normalized spacial score (nSPS) is 10.2. The molecule has 0 aliphatic heterocycles. The second kappa shape index (κ2) is 4.25. The van der Waals surface area contributed by atoms with Gasteiger partial charge >= 0.3 is 0 Å². The Bertz CT molecular complexity index is 272. The molecular weight excluding hydrogens is 176 g/mol. The van der Waals surface area contributed by atoms with Gasteiger partial charge in [-0.2, -0.15) is 16.7 Å². The van der Waals surface area contributed by atoms with Gasteiger partial charge in [0.15, 0.2) is 5.82 Å². The molecule has 0 aromatic carbocycles. The first kappa shape index (κ1) is 9.25. The zero-order valence-electron chi connectivity index (χ0n) is 7.03. The minimum absolute atomic E-state index is 0.0364. The molecule has 1 rings (SSSR count). The highest BCUT2D eigenvalue weighted by Crippen LogP contribution is 2.05. The Balaban J connectivity index is 2.58. The molecular formula is C7H10N2O2S. The minimum Gasteiger partial charge on any atom is -0.339 e. The second-order valence-corrected chi connectivity index (χ2v) is 3.28. The highest BCUT2D eigenvalue weighted by molar-refractivity contribution is 7.97. The number of ketones is 1. The first-order chi connectivity index (χ1) is 5.72. The predicted octanol–water partition coefficient (Wildman–Crippen LogP) is 1.06. The highest BCUT2D eigenvalue weighted by Gasteiger charge is 2.06. The SMILES string of the molecule is CSCc1noc(CC(C)=O)n1. The van der Waals surface area contributed by atoms with Crippen LogP contribution in [0.5, 0.6) is 0 Å². The number of carbonyl (C=O) groups excluding carboxylic acids is 1. The van der Waals surface area contributed by atoms with Gasteiger partial charge in [0.1, 0.15) is 5.78 Å². The molecule has 1 heterocycles. The zero-order valence-corrected chi connectivity index (χ0v) is 7.85. The molecule has 0 radical (unpaired) electrons. The third kappa shape index (κ3) is 2.65. The summed E-state index contributed by atoms with van der Waals surface area (Å²) in [5.74, 6) is 1.82. The molecule has 0 unspecified atom stereocenters. The van der Waals surface area contributed by atoms with Crippen molar-refractivity contribution in [1.82, 2.24) is 10.1 Å². The molecule has 0 saturated heterocycles. The van der Waals surface area contributed by atoms with Crippen molar-refractivity contribution in [2.45, 2.75) is 19.1 Å². The standard InChI is InChI=1S/C7H10N2O2S/c1-5(10)3-7-8-6(4-12-2)9-11-7/h3-4H2,1-2H3. The van der Waals surface area contributed by atoms with Gasteiger partial charge in [-0.25, -0.2) is 0 Å². The predicted molar refractivity (Wildman–Crippen MR) is 45.9 cm³/mol. The number of rotatable bonds is 4. The number of hydrogen-bond acceptors (Lipinski definition) is 5. The van der Waals surface area contributed by atoms with Crippen LogP contribution in [-0.2, 0) is 17.0 Å². The van der Waals surface area contributed by atoms with E-state index in [4.69, 9.17) is 4.52 Å². The molecule has 0 amide bonds. The molecule has 0 atom stereocenters. The van der Waals surface area contributed by atoms with Crippen LogP contribution in [0.1, 0.15) is 18.6 Å². The van der Waals surface area contributed by atoms with E-state index < -0.39 is 0 Å². The molecule has 5 heteroatoms. The fourth-order valence-corrected chi connectivity index (χ4v) is 1.14. The van der Waals surface area contributed by atoms with Gasteiger partial charge in [0.05, 0.1) is 12.2 Å². The Morgan fingerprint density at radius 1 is 1.67 bits per heavy atom. The van der Waals surface area contributed by atoms with Gasteiger partial charge in [0.25, 0.3) is 0 Å². The third-order valence-corrected chi connectivity index (χ3v) is 1.73. The summed E-state index contributed by atoms with van der Waals surface area (Å²) in [5, 5.41) is 3.70. The van der Waals surface area contributed by atoms with Crippen molar-refractivity contribution in [2.24, 2.45) is 0 Å². The van der Waals surface area contributed by atoms with E-state index in [0.29, 0.717) is 11.7 Å². The Morgan fingerprint density at radius 2 is 2.42 bits per heavy atom. The molecule has 4 nitrogen and oxygen atoms in total. The van der Waals surface area contributed by atoms with Crippen LogP contribution < -0.4 is 0 Å². The van der Waals surface area contributed by atoms with E-state index in [0.717, 1.165) is 5.75 Å². The van der Waals surface area contributed by atoms with Gasteiger partial charge in [0.2, 0.25) is 5.89 Å². The largest absolute Gasteiger partial charge is 0.339 e. The summed E-state index contributed by atoms with van der Waals surface area (Å²) >= 11 is 1.62.